The number of carbonyl (C=O) groups is 1. The smallest absolute Gasteiger partial charge is 0.212 e. The van der Waals surface area contributed by atoms with E-state index in [1.54, 1.807) is 19.2 Å². The van der Waals surface area contributed by atoms with Crippen LogP contribution in [0, 0.1) is 16.7 Å². The number of allylic oxidation sites excluding steroid dienone is 3. The molecule has 0 radical (unpaired) electrons. The van der Waals surface area contributed by atoms with Gasteiger partial charge in [-0.2, -0.15) is 5.26 Å². The van der Waals surface area contributed by atoms with Crippen molar-refractivity contribution in [2.24, 2.45) is 5.41 Å². The molecule has 1 aliphatic heterocycles. The van der Waals surface area contributed by atoms with Crippen LogP contribution >= 0.6 is 11.6 Å². The van der Waals surface area contributed by atoms with Crippen molar-refractivity contribution in [3.63, 3.8) is 0 Å². The Labute approximate surface area is 186 Å². The number of nitrogens with one attached hydrogen (secondary N) is 1. The molecule has 1 unspecified atom stereocenters. The molecule has 2 aromatic carbocycles. The number of rotatable bonds is 4. The van der Waals surface area contributed by atoms with E-state index in [-0.39, 0.29) is 11.2 Å². The standard InChI is InChI=1S/C25H23ClN2O3/c1-25(2)12-20(29)23-21(13-25)31-24(28-17-8-6-16(26)7-9-17)19(14-27)22(23)15-4-10-18(30-3)11-5-15/h4-11,22,28H,12-13H2,1-3H3. The number of anilines is 1. The number of nitrogens with zero attached hydrogens (tertiary/aromatic N) is 1. The third-order valence-corrected chi connectivity index (χ3v) is 5.85. The Morgan fingerprint density at radius 1 is 1.13 bits per heavy atom. The SMILES string of the molecule is COc1ccc(C2C(C#N)=C(Nc3ccc(Cl)cc3)OC3=C2C(=O)CC(C)(C)C3)cc1. The molecule has 158 valence electrons. The summed E-state index contributed by atoms with van der Waals surface area (Å²) < 4.78 is 11.4. The lowest BCUT2D eigenvalue weighted by Crippen LogP contribution is -2.33. The van der Waals surface area contributed by atoms with Crippen LogP contribution in [0.1, 0.15) is 38.2 Å². The van der Waals surface area contributed by atoms with E-state index in [0.717, 1.165) is 11.3 Å². The molecule has 0 saturated heterocycles. The van der Waals surface area contributed by atoms with E-state index >= 15 is 0 Å². The van der Waals surface area contributed by atoms with Crippen molar-refractivity contribution >= 4 is 23.1 Å². The van der Waals surface area contributed by atoms with E-state index in [2.05, 4.69) is 25.2 Å². The van der Waals surface area contributed by atoms with Crippen LogP contribution in [0.3, 0.4) is 0 Å². The lowest BCUT2D eigenvalue weighted by Gasteiger charge is -2.38. The summed E-state index contributed by atoms with van der Waals surface area (Å²) >= 11 is 6.00. The van der Waals surface area contributed by atoms with E-state index in [1.165, 1.54) is 0 Å². The Kier molecular flexibility index (Phi) is 5.51. The molecule has 0 fully saturated rings. The van der Waals surface area contributed by atoms with Crippen LogP contribution in [0.25, 0.3) is 0 Å². The van der Waals surface area contributed by atoms with Crippen LogP contribution in [-0.4, -0.2) is 12.9 Å². The molecule has 0 bridgehead atoms. The molecule has 0 saturated carbocycles. The number of Topliss-reactive ketones (excluding diaryl/α,β-unsaturated/α-hetero) is 1. The second kappa shape index (κ2) is 8.13. The first-order valence-corrected chi connectivity index (χ1v) is 10.4. The monoisotopic (exact) mass is 434 g/mol. The van der Waals surface area contributed by atoms with Crippen LogP contribution in [-0.2, 0) is 9.53 Å². The molecule has 2 aromatic rings. The molecule has 6 heteroatoms. The molecular formula is C25H23ClN2O3. The van der Waals surface area contributed by atoms with E-state index in [9.17, 15) is 10.1 Å². The van der Waals surface area contributed by atoms with Crippen molar-refractivity contribution < 1.29 is 14.3 Å². The minimum atomic E-state index is -0.502. The Morgan fingerprint density at radius 2 is 1.81 bits per heavy atom. The van der Waals surface area contributed by atoms with Crippen molar-refractivity contribution in [1.29, 1.82) is 5.26 Å². The quantitative estimate of drug-likeness (QED) is 0.643. The third kappa shape index (κ3) is 4.17. The second-order valence-corrected chi connectivity index (χ2v) is 9.01. The minimum Gasteiger partial charge on any atom is -0.497 e. The Bertz CT molecular complexity index is 1120. The van der Waals surface area contributed by atoms with E-state index in [4.69, 9.17) is 21.1 Å². The summed E-state index contributed by atoms with van der Waals surface area (Å²) in [6.45, 7) is 4.10. The lowest BCUT2D eigenvalue weighted by atomic mass is 9.70. The van der Waals surface area contributed by atoms with Crippen molar-refractivity contribution in [2.45, 2.75) is 32.6 Å². The zero-order valence-electron chi connectivity index (χ0n) is 17.7. The lowest BCUT2D eigenvalue weighted by molar-refractivity contribution is -0.119. The topological polar surface area (TPSA) is 71.3 Å². The molecule has 5 nitrogen and oxygen atoms in total. The molecule has 0 amide bonds. The number of carbonyl (C=O) groups excluding carboxylic acids is 1. The van der Waals surface area contributed by atoms with E-state index in [0.29, 0.717) is 46.4 Å². The summed E-state index contributed by atoms with van der Waals surface area (Å²) in [5, 5.41) is 13.9. The molecule has 4 rings (SSSR count). The van der Waals surface area contributed by atoms with Gasteiger partial charge in [-0.15, -0.1) is 0 Å². The van der Waals surface area contributed by atoms with Crippen molar-refractivity contribution in [3.05, 3.63) is 81.9 Å². The first kappa shape index (κ1) is 21.0. The number of ketones is 1. The van der Waals surface area contributed by atoms with Crippen LogP contribution in [0.15, 0.2) is 71.3 Å². The fourth-order valence-corrected chi connectivity index (χ4v) is 4.27. The maximum Gasteiger partial charge on any atom is 0.212 e. The number of halogens is 1. The Hall–Kier alpha value is -3.23. The number of ether oxygens (including phenoxy) is 2. The van der Waals surface area contributed by atoms with Crippen LogP contribution < -0.4 is 10.1 Å². The zero-order chi connectivity index (χ0) is 22.2. The summed E-state index contributed by atoms with van der Waals surface area (Å²) in [4.78, 5) is 13.2. The van der Waals surface area contributed by atoms with Gasteiger partial charge >= 0.3 is 0 Å². The number of nitriles is 1. The molecule has 31 heavy (non-hydrogen) atoms. The summed E-state index contributed by atoms with van der Waals surface area (Å²) in [6, 6.07) is 16.9. The summed E-state index contributed by atoms with van der Waals surface area (Å²) in [7, 11) is 1.60. The summed E-state index contributed by atoms with van der Waals surface area (Å²) in [6.07, 6.45) is 1.03. The highest BCUT2D eigenvalue weighted by Crippen LogP contribution is 2.48. The molecule has 1 heterocycles. The fraction of sp³-hybridized carbons (Fsp3) is 0.280. The van der Waals surface area contributed by atoms with Gasteiger partial charge in [0.15, 0.2) is 5.78 Å². The van der Waals surface area contributed by atoms with Crippen LogP contribution in [0.5, 0.6) is 5.75 Å². The third-order valence-electron chi connectivity index (χ3n) is 5.60. The largest absolute Gasteiger partial charge is 0.497 e. The maximum atomic E-state index is 13.2. The predicted octanol–water partition coefficient (Wildman–Crippen LogP) is 5.95. The van der Waals surface area contributed by atoms with Crippen molar-refractivity contribution in [1.82, 2.24) is 0 Å². The van der Waals surface area contributed by atoms with Gasteiger partial charge in [0, 0.05) is 29.1 Å². The summed E-state index contributed by atoms with van der Waals surface area (Å²) in [5.41, 5.74) is 2.31. The predicted molar refractivity (Wildman–Crippen MR) is 120 cm³/mol. The van der Waals surface area contributed by atoms with Gasteiger partial charge in [-0.1, -0.05) is 37.6 Å². The number of hydrogen-bond acceptors (Lipinski definition) is 5. The molecule has 1 N–H and O–H groups in total. The molecular weight excluding hydrogens is 412 g/mol. The molecule has 0 spiro atoms. The van der Waals surface area contributed by atoms with Crippen LogP contribution in [0.4, 0.5) is 5.69 Å². The van der Waals surface area contributed by atoms with Gasteiger partial charge < -0.3 is 14.8 Å². The highest BCUT2D eigenvalue weighted by molar-refractivity contribution is 6.30. The van der Waals surface area contributed by atoms with E-state index < -0.39 is 5.92 Å². The fourth-order valence-electron chi connectivity index (χ4n) is 4.15. The highest BCUT2D eigenvalue weighted by Gasteiger charge is 2.43. The highest BCUT2D eigenvalue weighted by atomic mass is 35.5. The first-order valence-electron chi connectivity index (χ1n) is 10.1. The molecule has 2 aliphatic rings. The average molecular weight is 435 g/mol. The normalized spacial score (nSPS) is 20.0. The average Bonchev–Trinajstić information content (AvgIpc) is 2.73. The van der Waals surface area contributed by atoms with Gasteiger partial charge in [0.1, 0.15) is 23.2 Å². The molecule has 0 aromatic heterocycles. The van der Waals surface area contributed by atoms with Gasteiger partial charge in [-0.3, -0.25) is 4.79 Å². The maximum absolute atomic E-state index is 13.2. The number of hydrogen-bond donors (Lipinski definition) is 1. The number of benzene rings is 2. The first-order chi connectivity index (χ1) is 14.8. The van der Waals surface area contributed by atoms with Gasteiger partial charge in [0.25, 0.3) is 0 Å². The van der Waals surface area contributed by atoms with Crippen molar-refractivity contribution in [3.8, 4) is 11.8 Å². The Balaban J connectivity index is 1.83. The molecule has 1 atom stereocenters. The zero-order valence-corrected chi connectivity index (χ0v) is 18.4. The van der Waals surface area contributed by atoms with Crippen LogP contribution in [0.2, 0.25) is 5.02 Å². The van der Waals surface area contributed by atoms with Gasteiger partial charge in [-0.05, 0) is 47.4 Å². The minimum absolute atomic E-state index is 0.0189. The van der Waals surface area contributed by atoms with Gasteiger partial charge in [-0.25, -0.2) is 0 Å². The Morgan fingerprint density at radius 3 is 2.42 bits per heavy atom. The van der Waals surface area contributed by atoms with E-state index in [1.807, 2.05) is 36.4 Å². The summed E-state index contributed by atoms with van der Waals surface area (Å²) in [5.74, 6) is 1.19. The van der Waals surface area contributed by atoms with Gasteiger partial charge in [0.2, 0.25) is 5.88 Å². The second-order valence-electron chi connectivity index (χ2n) is 8.57. The van der Waals surface area contributed by atoms with Gasteiger partial charge in [0.05, 0.1) is 13.0 Å². The van der Waals surface area contributed by atoms with Crippen molar-refractivity contribution in [2.75, 3.05) is 12.4 Å². The molecule has 1 aliphatic carbocycles. The number of methoxy groups -OCH3 is 1.